The monoisotopic (exact) mass is 278 g/mol. The number of benzene rings is 2. The van der Waals surface area contributed by atoms with E-state index >= 15 is 0 Å². The predicted molar refractivity (Wildman–Crippen MR) is 88.8 cm³/mol. The van der Waals surface area contributed by atoms with Crippen molar-refractivity contribution in [1.29, 1.82) is 0 Å². The Hall–Kier alpha value is -2.06. The third-order valence-electron chi connectivity index (χ3n) is 4.20. The Labute approximate surface area is 126 Å². The lowest BCUT2D eigenvalue weighted by Gasteiger charge is -2.36. The summed E-state index contributed by atoms with van der Waals surface area (Å²) in [4.78, 5) is 2.38. The maximum Gasteiger partial charge on any atom is 0.0256 e. The molecule has 2 aromatic rings. The van der Waals surface area contributed by atoms with Crippen molar-refractivity contribution >= 4 is 6.08 Å². The molecule has 1 saturated heterocycles. The van der Waals surface area contributed by atoms with E-state index in [9.17, 15) is 0 Å². The van der Waals surface area contributed by atoms with Crippen LogP contribution in [0.5, 0.6) is 0 Å². The fourth-order valence-corrected chi connectivity index (χ4v) is 2.94. The summed E-state index contributed by atoms with van der Waals surface area (Å²) >= 11 is 0. The van der Waals surface area contributed by atoms with Gasteiger partial charge in [0.05, 0.1) is 0 Å². The molecule has 1 heterocycles. The minimum atomic E-state index is 0.258. The number of piperidine rings is 1. The van der Waals surface area contributed by atoms with Gasteiger partial charge in [-0.25, -0.2) is 0 Å². The topological polar surface area (TPSA) is 29.3 Å². The van der Waals surface area contributed by atoms with Gasteiger partial charge >= 0.3 is 0 Å². The number of hydrogen-bond donors (Lipinski definition) is 1. The van der Waals surface area contributed by atoms with E-state index in [4.69, 9.17) is 5.73 Å². The van der Waals surface area contributed by atoms with E-state index in [0.29, 0.717) is 5.92 Å². The van der Waals surface area contributed by atoms with Gasteiger partial charge in [-0.05, 0) is 29.8 Å². The van der Waals surface area contributed by atoms with Crippen molar-refractivity contribution in [3.8, 4) is 0 Å². The van der Waals surface area contributed by atoms with Crippen LogP contribution in [-0.2, 0) is 0 Å². The van der Waals surface area contributed by atoms with E-state index in [-0.39, 0.29) is 6.04 Å². The number of hydrogen-bond acceptors (Lipinski definition) is 2. The Morgan fingerprint density at radius 1 is 0.952 bits per heavy atom. The Balaban J connectivity index is 1.70. The van der Waals surface area contributed by atoms with Gasteiger partial charge in [-0.1, -0.05) is 60.7 Å². The Kier molecular flexibility index (Phi) is 4.37. The number of rotatable bonds is 3. The second kappa shape index (κ2) is 6.59. The molecular formula is C19H22N2. The van der Waals surface area contributed by atoms with Crippen molar-refractivity contribution in [3.63, 3.8) is 0 Å². The molecule has 0 saturated carbocycles. The second-order valence-corrected chi connectivity index (χ2v) is 5.69. The van der Waals surface area contributed by atoms with Crippen molar-refractivity contribution in [2.45, 2.75) is 18.4 Å². The van der Waals surface area contributed by atoms with Crippen LogP contribution in [0.3, 0.4) is 0 Å². The molecule has 0 spiro atoms. The van der Waals surface area contributed by atoms with Crippen molar-refractivity contribution in [1.82, 2.24) is 4.90 Å². The number of likely N-dealkylation sites (tertiary alicyclic amines) is 1. The van der Waals surface area contributed by atoms with Gasteiger partial charge in [-0.2, -0.15) is 0 Å². The molecule has 0 aliphatic carbocycles. The molecule has 1 fully saturated rings. The molecule has 0 bridgehead atoms. The summed E-state index contributed by atoms with van der Waals surface area (Å²) in [6.45, 7) is 2.03. The lowest BCUT2D eigenvalue weighted by molar-refractivity contribution is 0.255. The van der Waals surface area contributed by atoms with Gasteiger partial charge in [0.25, 0.3) is 0 Å². The van der Waals surface area contributed by atoms with Crippen LogP contribution in [0.25, 0.3) is 6.08 Å². The molecule has 1 aliphatic heterocycles. The molecule has 0 radical (unpaired) electrons. The van der Waals surface area contributed by atoms with Gasteiger partial charge in [0.2, 0.25) is 0 Å². The summed E-state index contributed by atoms with van der Waals surface area (Å²) in [7, 11) is 0. The van der Waals surface area contributed by atoms with Gasteiger partial charge in [-0.3, -0.25) is 0 Å². The average molecular weight is 278 g/mol. The minimum Gasteiger partial charge on any atom is -0.377 e. The van der Waals surface area contributed by atoms with Crippen LogP contribution in [0.1, 0.15) is 23.5 Å². The summed E-state index contributed by atoms with van der Waals surface area (Å²) in [6, 6.07) is 21.3. The fourth-order valence-electron chi connectivity index (χ4n) is 2.94. The third kappa shape index (κ3) is 3.53. The lowest BCUT2D eigenvalue weighted by atomic mass is 9.87. The van der Waals surface area contributed by atoms with Crippen LogP contribution in [0, 0.1) is 0 Å². The first-order chi connectivity index (χ1) is 10.3. The summed E-state index contributed by atoms with van der Waals surface area (Å²) < 4.78 is 0. The predicted octanol–water partition coefficient (Wildman–Crippen LogP) is 3.47. The first-order valence-electron chi connectivity index (χ1n) is 7.61. The molecule has 108 valence electrons. The van der Waals surface area contributed by atoms with E-state index < -0.39 is 0 Å². The highest BCUT2D eigenvalue weighted by Gasteiger charge is 2.26. The quantitative estimate of drug-likeness (QED) is 0.931. The van der Waals surface area contributed by atoms with E-state index in [1.807, 2.05) is 6.07 Å². The summed E-state index contributed by atoms with van der Waals surface area (Å²) in [5.41, 5.74) is 8.92. The van der Waals surface area contributed by atoms with E-state index in [0.717, 1.165) is 19.5 Å². The molecule has 3 rings (SSSR count). The van der Waals surface area contributed by atoms with Gasteiger partial charge in [-0.15, -0.1) is 0 Å². The Bertz CT molecular complexity index is 577. The summed E-state index contributed by atoms with van der Waals surface area (Å²) in [5.74, 6) is 0.417. The minimum absolute atomic E-state index is 0.258. The van der Waals surface area contributed by atoms with Crippen LogP contribution in [-0.4, -0.2) is 24.0 Å². The molecule has 2 nitrogen and oxygen atoms in total. The zero-order valence-electron chi connectivity index (χ0n) is 12.2. The van der Waals surface area contributed by atoms with Gasteiger partial charge in [0.15, 0.2) is 0 Å². The first-order valence-corrected chi connectivity index (χ1v) is 7.61. The van der Waals surface area contributed by atoms with Crippen molar-refractivity contribution < 1.29 is 0 Å². The lowest BCUT2D eigenvalue weighted by Crippen LogP contribution is -2.43. The molecule has 2 atom stereocenters. The van der Waals surface area contributed by atoms with Crippen molar-refractivity contribution in [2.75, 3.05) is 13.1 Å². The van der Waals surface area contributed by atoms with Crippen LogP contribution in [0.2, 0.25) is 0 Å². The third-order valence-corrected chi connectivity index (χ3v) is 4.20. The number of nitrogens with zero attached hydrogens (tertiary/aromatic N) is 1. The smallest absolute Gasteiger partial charge is 0.0256 e. The molecule has 0 amide bonds. The highest BCUT2D eigenvalue weighted by Crippen LogP contribution is 2.26. The van der Waals surface area contributed by atoms with E-state index in [1.54, 1.807) is 0 Å². The average Bonchev–Trinajstić information content (AvgIpc) is 2.56. The molecular weight excluding hydrogens is 256 g/mol. The molecule has 0 aromatic heterocycles. The van der Waals surface area contributed by atoms with E-state index in [2.05, 4.69) is 71.8 Å². The van der Waals surface area contributed by atoms with Crippen LogP contribution < -0.4 is 5.73 Å². The molecule has 2 heteroatoms. The Morgan fingerprint density at radius 3 is 2.33 bits per heavy atom. The van der Waals surface area contributed by atoms with Gasteiger partial charge < -0.3 is 10.6 Å². The highest BCUT2D eigenvalue weighted by atomic mass is 15.1. The highest BCUT2D eigenvalue weighted by molar-refractivity contribution is 5.48. The maximum atomic E-state index is 6.33. The maximum absolute atomic E-state index is 6.33. The van der Waals surface area contributed by atoms with Gasteiger partial charge in [0.1, 0.15) is 0 Å². The SMILES string of the molecule is N[C@@H]1CCN(C=Cc2ccccc2)CC1c1ccccc1. The zero-order valence-corrected chi connectivity index (χ0v) is 12.2. The van der Waals surface area contributed by atoms with Crippen LogP contribution >= 0.6 is 0 Å². The van der Waals surface area contributed by atoms with Crippen LogP contribution in [0.15, 0.2) is 66.9 Å². The number of nitrogens with two attached hydrogens (primary N) is 1. The first kappa shape index (κ1) is 13.9. The summed E-state index contributed by atoms with van der Waals surface area (Å²) in [5, 5.41) is 0. The van der Waals surface area contributed by atoms with Crippen LogP contribution in [0.4, 0.5) is 0 Å². The van der Waals surface area contributed by atoms with E-state index in [1.165, 1.54) is 11.1 Å². The molecule has 21 heavy (non-hydrogen) atoms. The fraction of sp³-hybridized carbons (Fsp3) is 0.263. The summed E-state index contributed by atoms with van der Waals surface area (Å²) in [6.07, 6.45) is 5.43. The molecule has 1 aliphatic rings. The Morgan fingerprint density at radius 2 is 1.62 bits per heavy atom. The van der Waals surface area contributed by atoms with Crippen molar-refractivity contribution in [2.24, 2.45) is 5.73 Å². The standard InChI is InChI=1S/C19H22N2/c20-19-12-14-21(13-11-16-7-3-1-4-8-16)15-18(19)17-9-5-2-6-10-17/h1-11,13,18-19H,12,14-15,20H2/t18?,19-/m1/s1. The molecule has 2 N–H and O–H groups in total. The zero-order chi connectivity index (χ0) is 14.5. The largest absolute Gasteiger partial charge is 0.377 e. The normalized spacial score (nSPS) is 22.6. The second-order valence-electron chi connectivity index (χ2n) is 5.69. The molecule has 2 aromatic carbocycles. The van der Waals surface area contributed by atoms with Gasteiger partial charge in [0, 0.05) is 25.0 Å². The van der Waals surface area contributed by atoms with Crippen molar-refractivity contribution in [3.05, 3.63) is 78.0 Å². The molecule has 1 unspecified atom stereocenters.